The molecule has 1 amide bonds. The van der Waals surface area contributed by atoms with E-state index in [1.54, 1.807) is 11.8 Å². The molecule has 1 aliphatic rings. The first-order valence-electron chi connectivity index (χ1n) is 9.43. The van der Waals surface area contributed by atoms with Crippen molar-refractivity contribution in [1.82, 2.24) is 4.90 Å². The summed E-state index contributed by atoms with van der Waals surface area (Å²) in [4.78, 5) is 26.1. The SMILES string of the molecule is CCOC(=O)C1CCN(C(=O)/C(C#N)=C\Nc2c(C)cccc2CC)CC1. The van der Waals surface area contributed by atoms with Crippen LogP contribution in [0.3, 0.4) is 0 Å². The van der Waals surface area contributed by atoms with Crippen LogP contribution >= 0.6 is 0 Å². The number of anilines is 1. The number of nitriles is 1. The van der Waals surface area contributed by atoms with Crippen LogP contribution in [0.2, 0.25) is 0 Å². The number of aryl methyl sites for hydroxylation is 2. The fourth-order valence-electron chi connectivity index (χ4n) is 3.26. The number of piperidine rings is 1. The number of nitrogens with zero attached hydrogens (tertiary/aromatic N) is 2. The summed E-state index contributed by atoms with van der Waals surface area (Å²) in [6.45, 7) is 7.10. The highest BCUT2D eigenvalue weighted by Gasteiger charge is 2.29. The lowest BCUT2D eigenvalue weighted by atomic mass is 9.96. The highest BCUT2D eigenvalue weighted by molar-refractivity contribution is 5.97. The Morgan fingerprint density at radius 2 is 2.04 bits per heavy atom. The maximum atomic E-state index is 12.7. The third-order valence-electron chi connectivity index (χ3n) is 4.85. The lowest BCUT2D eigenvalue weighted by Gasteiger charge is -2.30. The van der Waals surface area contributed by atoms with Crippen molar-refractivity contribution in [2.24, 2.45) is 5.92 Å². The molecule has 1 N–H and O–H groups in total. The summed E-state index contributed by atoms with van der Waals surface area (Å²) < 4.78 is 5.05. The molecular formula is C21H27N3O3. The maximum Gasteiger partial charge on any atom is 0.309 e. The van der Waals surface area contributed by atoms with Gasteiger partial charge < -0.3 is 15.0 Å². The molecule has 0 spiro atoms. The van der Waals surface area contributed by atoms with E-state index in [4.69, 9.17) is 4.74 Å². The van der Waals surface area contributed by atoms with Crippen molar-refractivity contribution in [3.63, 3.8) is 0 Å². The summed E-state index contributed by atoms with van der Waals surface area (Å²) in [6, 6.07) is 8.00. The number of carbonyl (C=O) groups is 2. The number of carbonyl (C=O) groups excluding carboxylic acids is 2. The zero-order valence-electron chi connectivity index (χ0n) is 16.2. The number of esters is 1. The van der Waals surface area contributed by atoms with Crippen LogP contribution in [-0.4, -0.2) is 36.5 Å². The van der Waals surface area contributed by atoms with Crippen LogP contribution in [0.1, 0.15) is 37.8 Å². The Morgan fingerprint density at radius 1 is 1.33 bits per heavy atom. The zero-order valence-corrected chi connectivity index (χ0v) is 16.2. The quantitative estimate of drug-likeness (QED) is 0.473. The van der Waals surface area contributed by atoms with Gasteiger partial charge in [0.05, 0.1) is 12.5 Å². The number of likely N-dealkylation sites (tertiary alicyclic amines) is 1. The molecule has 27 heavy (non-hydrogen) atoms. The Hall–Kier alpha value is -2.81. The predicted molar refractivity (Wildman–Crippen MR) is 104 cm³/mol. The average Bonchev–Trinajstić information content (AvgIpc) is 2.69. The van der Waals surface area contributed by atoms with Crippen molar-refractivity contribution in [2.45, 2.75) is 40.0 Å². The molecule has 0 saturated carbocycles. The Labute approximate surface area is 160 Å². The van der Waals surface area contributed by atoms with E-state index < -0.39 is 0 Å². The molecule has 0 radical (unpaired) electrons. The van der Waals surface area contributed by atoms with Gasteiger partial charge in [0.25, 0.3) is 5.91 Å². The van der Waals surface area contributed by atoms with Crippen LogP contribution in [0.4, 0.5) is 5.69 Å². The molecule has 0 unspecified atom stereocenters. The van der Waals surface area contributed by atoms with Gasteiger partial charge in [-0.2, -0.15) is 5.26 Å². The van der Waals surface area contributed by atoms with Crippen molar-refractivity contribution >= 4 is 17.6 Å². The summed E-state index contributed by atoms with van der Waals surface area (Å²) in [5.41, 5.74) is 3.19. The van der Waals surface area contributed by atoms with Crippen molar-refractivity contribution in [3.05, 3.63) is 41.1 Å². The second-order valence-corrected chi connectivity index (χ2v) is 6.60. The second kappa shape index (κ2) is 9.77. The third kappa shape index (κ3) is 5.10. The van der Waals surface area contributed by atoms with E-state index >= 15 is 0 Å². The molecule has 6 nitrogen and oxygen atoms in total. The van der Waals surface area contributed by atoms with E-state index in [0.29, 0.717) is 32.5 Å². The molecule has 1 fully saturated rings. The Bertz CT molecular complexity index is 756. The zero-order chi connectivity index (χ0) is 19.8. The van der Waals surface area contributed by atoms with Crippen molar-refractivity contribution < 1.29 is 14.3 Å². The largest absolute Gasteiger partial charge is 0.466 e. The molecular weight excluding hydrogens is 342 g/mol. The fourth-order valence-corrected chi connectivity index (χ4v) is 3.26. The number of nitrogens with one attached hydrogen (secondary N) is 1. The fraction of sp³-hybridized carbons (Fsp3) is 0.476. The molecule has 0 aliphatic carbocycles. The molecule has 2 rings (SSSR count). The van der Waals surface area contributed by atoms with Gasteiger partial charge in [-0.15, -0.1) is 0 Å². The predicted octanol–water partition coefficient (Wildman–Crippen LogP) is 3.18. The van der Waals surface area contributed by atoms with Gasteiger partial charge in [0.1, 0.15) is 11.6 Å². The highest BCUT2D eigenvalue weighted by atomic mass is 16.5. The normalized spacial score (nSPS) is 15.2. The molecule has 1 saturated heterocycles. The van der Waals surface area contributed by atoms with E-state index in [1.807, 2.05) is 31.2 Å². The Balaban J connectivity index is 2.04. The molecule has 1 heterocycles. The minimum Gasteiger partial charge on any atom is -0.466 e. The Kier molecular flexibility index (Phi) is 7.42. The van der Waals surface area contributed by atoms with Crippen molar-refractivity contribution in [2.75, 3.05) is 25.0 Å². The van der Waals surface area contributed by atoms with E-state index in [9.17, 15) is 14.9 Å². The molecule has 1 aromatic rings. The first-order valence-corrected chi connectivity index (χ1v) is 9.43. The molecule has 6 heteroatoms. The average molecular weight is 369 g/mol. The van der Waals surface area contributed by atoms with Crippen molar-refractivity contribution in [3.8, 4) is 6.07 Å². The lowest BCUT2D eigenvalue weighted by molar-refractivity contribution is -0.150. The highest BCUT2D eigenvalue weighted by Crippen LogP contribution is 2.23. The number of benzene rings is 1. The topological polar surface area (TPSA) is 82.4 Å². The van der Waals surface area contributed by atoms with E-state index in [1.165, 1.54) is 6.20 Å². The van der Waals surface area contributed by atoms with Gasteiger partial charge >= 0.3 is 5.97 Å². The van der Waals surface area contributed by atoms with Gasteiger partial charge in [-0.3, -0.25) is 9.59 Å². The standard InChI is InChI=1S/C21H27N3O3/c1-4-16-8-6-7-15(3)19(16)23-14-18(13-22)20(25)24-11-9-17(10-12-24)21(26)27-5-2/h6-8,14,17,23H,4-5,9-12H2,1-3H3/b18-14-. The maximum absolute atomic E-state index is 12.7. The van der Waals surface area contributed by atoms with Crippen LogP contribution in [0.5, 0.6) is 0 Å². The minimum absolute atomic E-state index is 0.0647. The first kappa shape index (κ1) is 20.5. The number of amides is 1. The van der Waals surface area contributed by atoms with Crippen LogP contribution in [0.15, 0.2) is 30.0 Å². The second-order valence-electron chi connectivity index (χ2n) is 6.60. The monoisotopic (exact) mass is 369 g/mol. The van der Waals surface area contributed by atoms with Gasteiger partial charge in [-0.05, 0) is 44.2 Å². The van der Waals surface area contributed by atoms with Gasteiger partial charge in [0.2, 0.25) is 0 Å². The number of hydrogen-bond donors (Lipinski definition) is 1. The summed E-state index contributed by atoms with van der Waals surface area (Å²) in [7, 11) is 0. The summed E-state index contributed by atoms with van der Waals surface area (Å²) in [6.07, 6.45) is 3.47. The van der Waals surface area contributed by atoms with Crippen molar-refractivity contribution in [1.29, 1.82) is 5.26 Å². The molecule has 0 aromatic heterocycles. The molecule has 144 valence electrons. The van der Waals surface area contributed by atoms with E-state index in [0.717, 1.165) is 23.2 Å². The number of ether oxygens (including phenoxy) is 1. The van der Waals surface area contributed by atoms with Crippen LogP contribution in [0.25, 0.3) is 0 Å². The first-order chi connectivity index (χ1) is 13.0. The van der Waals surface area contributed by atoms with Gasteiger partial charge in [-0.1, -0.05) is 25.1 Å². The van der Waals surface area contributed by atoms with Gasteiger partial charge in [-0.25, -0.2) is 0 Å². The minimum atomic E-state index is -0.307. The van der Waals surface area contributed by atoms with E-state index in [2.05, 4.69) is 12.2 Å². The summed E-state index contributed by atoms with van der Waals surface area (Å²) >= 11 is 0. The molecule has 1 aromatic carbocycles. The van der Waals surface area contributed by atoms with Crippen LogP contribution in [0, 0.1) is 24.2 Å². The third-order valence-corrected chi connectivity index (χ3v) is 4.85. The summed E-state index contributed by atoms with van der Waals surface area (Å²) in [5.74, 6) is -0.673. The van der Waals surface area contributed by atoms with Crippen LogP contribution < -0.4 is 5.32 Å². The van der Waals surface area contributed by atoms with E-state index in [-0.39, 0.29) is 23.4 Å². The molecule has 1 aliphatic heterocycles. The number of rotatable bonds is 6. The lowest BCUT2D eigenvalue weighted by Crippen LogP contribution is -2.41. The van der Waals surface area contributed by atoms with Crippen LogP contribution in [-0.2, 0) is 20.7 Å². The van der Waals surface area contributed by atoms with Gasteiger partial charge in [0.15, 0.2) is 0 Å². The van der Waals surface area contributed by atoms with Gasteiger partial charge in [0, 0.05) is 25.0 Å². The number of para-hydroxylation sites is 1. The number of hydrogen-bond acceptors (Lipinski definition) is 5. The molecule has 0 atom stereocenters. The smallest absolute Gasteiger partial charge is 0.309 e. The Morgan fingerprint density at radius 3 is 2.63 bits per heavy atom. The molecule has 0 bridgehead atoms. The summed E-state index contributed by atoms with van der Waals surface area (Å²) in [5, 5.41) is 12.6.